The molecule has 10 heteroatoms. The van der Waals surface area contributed by atoms with Crippen LogP contribution in [0.15, 0.2) is 12.5 Å². The summed E-state index contributed by atoms with van der Waals surface area (Å²) in [5.74, 6) is 0.336. The molecule has 9 nitrogen and oxygen atoms in total. The van der Waals surface area contributed by atoms with Gasteiger partial charge in [-0.15, -0.1) is 0 Å². The van der Waals surface area contributed by atoms with Crippen molar-refractivity contribution in [2.45, 2.75) is 6.54 Å². The highest BCUT2D eigenvalue weighted by molar-refractivity contribution is 7.51. The summed E-state index contributed by atoms with van der Waals surface area (Å²) in [6.45, 7) is 0.436. The average molecular weight is 273 g/mol. The minimum absolute atomic E-state index is 0.117. The van der Waals surface area contributed by atoms with Gasteiger partial charge in [0.2, 0.25) is 0 Å². The van der Waals surface area contributed by atoms with E-state index >= 15 is 0 Å². The lowest BCUT2D eigenvalue weighted by Crippen LogP contribution is -2.09. The van der Waals surface area contributed by atoms with Gasteiger partial charge in [0, 0.05) is 0 Å². The molecular formula is C8H12N5O4P. The third-order valence-corrected chi connectivity index (χ3v) is 2.69. The molecule has 0 bridgehead atoms. The van der Waals surface area contributed by atoms with E-state index in [9.17, 15) is 4.57 Å². The standard InChI is InChI=1S/C8H12N5O4P/c9-7-6-3-12-13(8(6)11-4-10-7)1-2-17-5-18(14,15)16/h3-4H,1-2,5H2,(H2,9,10,11)(H2,14,15,16). The van der Waals surface area contributed by atoms with Crippen LogP contribution in [0.2, 0.25) is 0 Å². The lowest BCUT2D eigenvalue weighted by Gasteiger charge is -2.06. The van der Waals surface area contributed by atoms with Gasteiger partial charge >= 0.3 is 7.60 Å². The Labute approximate surface area is 102 Å². The van der Waals surface area contributed by atoms with Crippen molar-refractivity contribution in [3.8, 4) is 0 Å². The first-order valence-electron chi connectivity index (χ1n) is 5.02. The predicted octanol–water partition coefficient (Wildman–Crippen LogP) is -0.440. The van der Waals surface area contributed by atoms with Crippen molar-refractivity contribution in [3.05, 3.63) is 12.5 Å². The molecule has 2 heterocycles. The molecule has 98 valence electrons. The van der Waals surface area contributed by atoms with Gasteiger partial charge in [0.15, 0.2) is 5.65 Å². The van der Waals surface area contributed by atoms with Gasteiger partial charge in [-0.05, 0) is 0 Å². The van der Waals surface area contributed by atoms with E-state index in [4.69, 9.17) is 20.3 Å². The van der Waals surface area contributed by atoms with E-state index < -0.39 is 13.9 Å². The monoisotopic (exact) mass is 273 g/mol. The topological polar surface area (TPSA) is 136 Å². The quantitative estimate of drug-likeness (QED) is 0.492. The van der Waals surface area contributed by atoms with Crippen molar-refractivity contribution >= 4 is 24.4 Å². The van der Waals surface area contributed by atoms with Crippen molar-refractivity contribution in [3.63, 3.8) is 0 Å². The highest BCUT2D eigenvalue weighted by Gasteiger charge is 2.13. The largest absolute Gasteiger partial charge is 0.383 e. The van der Waals surface area contributed by atoms with Crippen LogP contribution in [-0.2, 0) is 15.8 Å². The van der Waals surface area contributed by atoms with E-state index in [1.807, 2.05) is 0 Å². The molecule has 0 amide bonds. The molecule has 18 heavy (non-hydrogen) atoms. The first kappa shape index (κ1) is 12.9. The Morgan fingerprint density at radius 2 is 2.22 bits per heavy atom. The first-order valence-corrected chi connectivity index (χ1v) is 6.81. The summed E-state index contributed by atoms with van der Waals surface area (Å²) in [7, 11) is -4.13. The Hall–Kier alpha value is -1.54. The molecular weight excluding hydrogens is 261 g/mol. The van der Waals surface area contributed by atoms with Crippen molar-refractivity contribution in [1.82, 2.24) is 19.7 Å². The number of rotatable bonds is 5. The minimum atomic E-state index is -4.13. The smallest absolute Gasteiger partial charge is 0.350 e. The molecule has 0 unspecified atom stereocenters. The van der Waals surface area contributed by atoms with Crippen LogP contribution >= 0.6 is 7.60 Å². The van der Waals surface area contributed by atoms with Gasteiger partial charge in [-0.1, -0.05) is 0 Å². The number of hydrogen-bond acceptors (Lipinski definition) is 6. The van der Waals surface area contributed by atoms with E-state index in [1.54, 1.807) is 0 Å². The summed E-state index contributed by atoms with van der Waals surface area (Å²) in [5.41, 5.74) is 6.20. The van der Waals surface area contributed by atoms with Crippen molar-refractivity contribution in [2.75, 3.05) is 18.7 Å². The average Bonchev–Trinajstić information content (AvgIpc) is 2.68. The molecule has 0 aromatic carbocycles. The summed E-state index contributed by atoms with van der Waals surface area (Å²) >= 11 is 0. The highest BCUT2D eigenvalue weighted by Crippen LogP contribution is 2.33. The molecule has 0 aliphatic carbocycles. The second-order valence-electron chi connectivity index (χ2n) is 3.57. The molecule has 0 spiro atoms. The van der Waals surface area contributed by atoms with Crippen molar-refractivity contribution in [2.24, 2.45) is 0 Å². The molecule has 0 saturated carbocycles. The molecule has 0 aliphatic rings. The molecule has 2 rings (SSSR count). The van der Waals surface area contributed by atoms with Gasteiger partial charge in [0.25, 0.3) is 0 Å². The zero-order valence-corrected chi connectivity index (χ0v) is 10.2. The third kappa shape index (κ3) is 3.02. The maximum Gasteiger partial charge on any atom is 0.350 e. The molecule has 2 aromatic heterocycles. The van der Waals surface area contributed by atoms with E-state index in [-0.39, 0.29) is 6.61 Å². The summed E-state index contributed by atoms with van der Waals surface area (Å²) in [6.07, 6.45) is 2.25. The second kappa shape index (κ2) is 4.99. The third-order valence-electron chi connectivity index (χ3n) is 2.17. The van der Waals surface area contributed by atoms with Crippen LogP contribution in [-0.4, -0.2) is 42.5 Å². The van der Waals surface area contributed by atoms with Crippen LogP contribution < -0.4 is 5.73 Å². The number of nitrogens with zero attached hydrogens (tertiary/aromatic N) is 4. The Kier molecular flexibility index (Phi) is 3.58. The maximum absolute atomic E-state index is 10.6. The van der Waals surface area contributed by atoms with E-state index in [1.165, 1.54) is 17.2 Å². The van der Waals surface area contributed by atoms with Crippen molar-refractivity contribution < 1.29 is 19.1 Å². The van der Waals surface area contributed by atoms with Gasteiger partial charge in [0.05, 0.1) is 24.7 Å². The number of anilines is 1. The summed E-state index contributed by atoms with van der Waals surface area (Å²) in [6, 6.07) is 0. The number of nitrogens with two attached hydrogens (primary N) is 1. The second-order valence-corrected chi connectivity index (χ2v) is 5.15. The molecule has 4 N–H and O–H groups in total. The van der Waals surface area contributed by atoms with Crippen LogP contribution in [0.4, 0.5) is 5.82 Å². The molecule has 0 aliphatic heterocycles. The maximum atomic E-state index is 10.6. The van der Waals surface area contributed by atoms with E-state index in [0.717, 1.165) is 0 Å². The van der Waals surface area contributed by atoms with E-state index in [2.05, 4.69) is 15.1 Å². The van der Waals surface area contributed by atoms with Gasteiger partial charge in [-0.2, -0.15) is 5.10 Å². The molecule has 0 radical (unpaired) electrons. The van der Waals surface area contributed by atoms with Crippen LogP contribution in [0.3, 0.4) is 0 Å². The Morgan fingerprint density at radius 1 is 1.44 bits per heavy atom. The fraction of sp³-hybridized carbons (Fsp3) is 0.375. The fourth-order valence-corrected chi connectivity index (χ4v) is 1.78. The Bertz CT molecular complexity index is 594. The number of fused-ring (bicyclic) bond motifs is 1. The van der Waals surface area contributed by atoms with Crippen LogP contribution in [0, 0.1) is 0 Å². The zero-order chi connectivity index (χ0) is 13.2. The van der Waals surface area contributed by atoms with Gasteiger partial charge in [0.1, 0.15) is 18.5 Å². The SMILES string of the molecule is Nc1ncnc2c1cnn2CCOCP(=O)(O)O. The Balaban J connectivity index is 2.00. The Morgan fingerprint density at radius 3 is 2.94 bits per heavy atom. The summed E-state index contributed by atoms with van der Waals surface area (Å²) < 4.78 is 16.9. The van der Waals surface area contributed by atoms with Crippen LogP contribution in [0.1, 0.15) is 0 Å². The lowest BCUT2D eigenvalue weighted by molar-refractivity contribution is 0.147. The number of ether oxygens (including phenoxy) is 1. The van der Waals surface area contributed by atoms with Crippen molar-refractivity contribution in [1.29, 1.82) is 0 Å². The number of aromatic nitrogens is 4. The van der Waals surface area contributed by atoms with Gasteiger partial charge < -0.3 is 20.3 Å². The zero-order valence-electron chi connectivity index (χ0n) is 9.30. The van der Waals surface area contributed by atoms with Crippen LogP contribution in [0.25, 0.3) is 11.0 Å². The molecule has 2 aromatic rings. The first-order chi connectivity index (χ1) is 8.47. The predicted molar refractivity (Wildman–Crippen MR) is 62.6 cm³/mol. The number of nitrogen functional groups attached to an aromatic ring is 1. The highest BCUT2D eigenvalue weighted by atomic mass is 31.2. The molecule has 0 fully saturated rings. The fourth-order valence-electron chi connectivity index (χ4n) is 1.41. The van der Waals surface area contributed by atoms with E-state index in [0.29, 0.717) is 23.4 Å². The normalized spacial score (nSPS) is 12.1. The van der Waals surface area contributed by atoms with Gasteiger partial charge in [-0.3, -0.25) is 4.57 Å². The van der Waals surface area contributed by atoms with Gasteiger partial charge in [-0.25, -0.2) is 14.6 Å². The molecule has 0 saturated heterocycles. The summed E-state index contributed by atoms with van der Waals surface area (Å²) in [5, 5.41) is 4.68. The lowest BCUT2D eigenvalue weighted by atomic mass is 10.4. The van der Waals surface area contributed by atoms with Crippen LogP contribution in [0.5, 0.6) is 0 Å². The summed E-state index contributed by atoms with van der Waals surface area (Å²) in [4.78, 5) is 25.1. The number of hydrogen-bond donors (Lipinski definition) is 3. The molecule has 0 atom stereocenters. The minimum Gasteiger partial charge on any atom is -0.383 e.